The number of allylic oxidation sites excluding steroid dienone is 1. The van der Waals surface area contributed by atoms with E-state index < -0.39 is 0 Å². The van der Waals surface area contributed by atoms with E-state index in [-0.39, 0.29) is 0 Å². The average Bonchev–Trinajstić information content (AvgIpc) is 2.92. The zero-order chi connectivity index (χ0) is 14.5. The molecule has 0 N–H and O–H groups in total. The molecule has 3 rings (SSSR count). The minimum Gasteiger partial charge on any atom is -0.464 e. The van der Waals surface area contributed by atoms with Crippen molar-refractivity contribution in [2.75, 3.05) is 13.6 Å². The fourth-order valence-corrected chi connectivity index (χ4v) is 3.27. The van der Waals surface area contributed by atoms with Gasteiger partial charge in [0.15, 0.2) is 0 Å². The van der Waals surface area contributed by atoms with Crippen LogP contribution >= 0.6 is 0 Å². The molecule has 0 radical (unpaired) electrons. The van der Waals surface area contributed by atoms with Crippen molar-refractivity contribution >= 4 is 11.0 Å². The van der Waals surface area contributed by atoms with Crippen molar-refractivity contribution in [3.63, 3.8) is 0 Å². The summed E-state index contributed by atoms with van der Waals surface area (Å²) in [5.74, 6) is 0.821. The van der Waals surface area contributed by atoms with E-state index in [1.54, 1.807) is 0 Å². The van der Waals surface area contributed by atoms with Crippen LogP contribution in [0.5, 0.6) is 0 Å². The van der Waals surface area contributed by atoms with Gasteiger partial charge in [-0.15, -0.1) is 0 Å². The summed E-state index contributed by atoms with van der Waals surface area (Å²) in [7, 11) is 2.17. The van der Waals surface area contributed by atoms with Gasteiger partial charge < -0.3 is 4.42 Å². The number of likely N-dealkylation sites (N-methyl/N-ethyl adjacent to an activating group) is 1. The lowest BCUT2D eigenvalue weighted by molar-refractivity contribution is 0.360. The van der Waals surface area contributed by atoms with Crippen molar-refractivity contribution in [2.45, 2.75) is 38.6 Å². The van der Waals surface area contributed by atoms with Crippen LogP contribution in [-0.4, -0.2) is 18.5 Å². The summed E-state index contributed by atoms with van der Waals surface area (Å²) in [6.45, 7) is 1.95. The largest absolute Gasteiger partial charge is 0.464 e. The summed E-state index contributed by atoms with van der Waals surface area (Å²) in [5, 5.41) is 1.24. The van der Waals surface area contributed by atoms with Gasteiger partial charge in [0, 0.05) is 24.0 Å². The summed E-state index contributed by atoms with van der Waals surface area (Å²) in [6, 6.07) is 8.26. The predicted octanol–water partition coefficient (Wildman–Crippen LogP) is 5.00. The quantitative estimate of drug-likeness (QED) is 0.718. The number of hydrogen-bond donors (Lipinski definition) is 0. The van der Waals surface area contributed by atoms with Gasteiger partial charge in [0.1, 0.15) is 5.58 Å². The van der Waals surface area contributed by atoms with Crippen LogP contribution in [-0.2, 0) is 6.54 Å². The molecule has 112 valence electrons. The Bertz CT molecular complexity index is 592. The molecule has 1 aromatic heterocycles. The van der Waals surface area contributed by atoms with Crippen molar-refractivity contribution < 1.29 is 4.42 Å². The van der Waals surface area contributed by atoms with Crippen LogP contribution in [0.2, 0.25) is 0 Å². The fraction of sp³-hybridized carbons (Fsp3) is 0.474. The maximum Gasteiger partial charge on any atom is 0.134 e. The minimum absolute atomic E-state index is 0.821. The van der Waals surface area contributed by atoms with Crippen LogP contribution in [0, 0.1) is 5.92 Å². The Hall–Kier alpha value is -1.54. The van der Waals surface area contributed by atoms with E-state index in [1.807, 2.05) is 18.4 Å². The number of fused-ring (bicyclic) bond motifs is 1. The number of benzene rings is 1. The van der Waals surface area contributed by atoms with Gasteiger partial charge in [0.25, 0.3) is 0 Å². The van der Waals surface area contributed by atoms with Gasteiger partial charge in [0.2, 0.25) is 0 Å². The highest BCUT2D eigenvalue weighted by molar-refractivity contribution is 5.80. The van der Waals surface area contributed by atoms with Gasteiger partial charge in [-0.05, 0) is 31.9 Å². The SMILES string of the molecule is CN(CC=CC1CCCCC1)Cc1coc2ccccc12. The topological polar surface area (TPSA) is 16.4 Å². The Balaban J connectivity index is 1.54. The Morgan fingerprint density at radius 3 is 2.86 bits per heavy atom. The first-order valence-corrected chi connectivity index (χ1v) is 8.13. The summed E-state index contributed by atoms with van der Waals surface area (Å²) < 4.78 is 5.60. The van der Waals surface area contributed by atoms with Crippen molar-refractivity contribution in [3.8, 4) is 0 Å². The molecule has 0 aliphatic heterocycles. The van der Waals surface area contributed by atoms with E-state index >= 15 is 0 Å². The van der Waals surface area contributed by atoms with Crippen LogP contribution in [0.1, 0.15) is 37.7 Å². The molecule has 2 heteroatoms. The van der Waals surface area contributed by atoms with Crippen LogP contribution < -0.4 is 0 Å². The van der Waals surface area contributed by atoms with E-state index in [0.717, 1.165) is 24.6 Å². The van der Waals surface area contributed by atoms with Crippen molar-refractivity contribution in [2.24, 2.45) is 5.92 Å². The number of hydrogen-bond acceptors (Lipinski definition) is 2. The summed E-state index contributed by atoms with van der Waals surface area (Å²) in [4.78, 5) is 2.34. The van der Waals surface area contributed by atoms with Crippen molar-refractivity contribution in [1.29, 1.82) is 0 Å². The Kier molecular flexibility index (Phi) is 4.76. The maximum atomic E-state index is 5.60. The molecule has 0 atom stereocenters. The lowest BCUT2D eigenvalue weighted by Crippen LogP contribution is -2.17. The molecule has 1 fully saturated rings. The molecule has 1 aliphatic rings. The molecule has 0 bridgehead atoms. The Morgan fingerprint density at radius 2 is 2.00 bits per heavy atom. The first-order chi connectivity index (χ1) is 10.3. The second kappa shape index (κ2) is 6.95. The molecule has 21 heavy (non-hydrogen) atoms. The summed E-state index contributed by atoms with van der Waals surface area (Å²) in [6.07, 6.45) is 13.7. The average molecular weight is 283 g/mol. The Labute approximate surface area is 127 Å². The molecule has 2 nitrogen and oxygen atoms in total. The molecule has 1 aromatic carbocycles. The zero-order valence-electron chi connectivity index (χ0n) is 12.9. The van der Waals surface area contributed by atoms with E-state index in [9.17, 15) is 0 Å². The molecular weight excluding hydrogens is 258 g/mol. The van der Waals surface area contributed by atoms with Crippen molar-refractivity contribution in [3.05, 3.63) is 48.2 Å². The second-order valence-corrected chi connectivity index (χ2v) is 6.28. The van der Waals surface area contributed by atoms with Gasteiger partial charge >= 0.3 is 0 Å². The number of para-hydroxylation sites is 1. The van der Waals surface area contributed by atoms with Gasteiger partial charge in [-0.3, -0.25) is 4.90 Å². The van der Waals surface area contributed by atoms with Crippen LogP contribution in [0.3, 0.4) is 0 Å². The first kappa shape index (κ1) is 14.4. The lowest BCUT2D eigenvalue weighted by Gasteiger charge is -2.18. The highest BCUT2D eigenvalue weighted by atomic mass is 16.3. The van der Waals surface area contributed by atoms with E-state index in [0.29, 0.717) is 0 Å². The van der Waals surface area contributed by atoms with E-state index in [1.165, 1.54) is 43.1 Å². The first-order valence-electron chi connectivity index (χ1n) is 8.13. The summed E-state index contributed by atoms with van der Waals surface area (Å²) >= 11 is 0. The predicted molar refractivity (Wildman–Crippen MR) is 88.3 cm³/mol. The monoisotopic (exact) mass is 283 g/mol. The molecule has 0 amide bonds. The molecule has 0 unspecified atom stereocenters. The van der Waals surface area contributed by atoms with Crippen LogP contribution in [0.25, 0.3) is 11.0 Å². The molecule has 2 aromatic rings. The third-order valence-corrected chi connectivity index (χ3v) is 4.48. The highest BCUT2D eigenvalue weighted by Gasteiger charge is 2.10. The van der Waals surface area contributed by atoms with Gasteiger partial charge in [-0.2, -0.15) is 0 Å². The lowest BCUT2D eigenvalue weighted by atomic mass is 9.89. The highest BCUT2D eigenvalue weighted by Crippen LogP contribution is 2.24. The normalized spacial score (nSPS) is 17.2. The third kappa shape index (κ3) is 3.76. The third-order valence-electron chi connectivity index (χ3n) is 4.48. The fourth-order valence-electron chi connectivity index (χ4n) is 3.27. The molecular formula is C19H25NO. The van der Waals surface area contributed by atoms with Crippen LogP contribution in [0.4, 0.5) is 0 Å². The van der Waals surface area contributed by atoms with Crippen LogP contribution in [0.15, 0.2) is 47.1 Å². The van der Waals surface area contributed by atoms with Crippen molar-refractivity contribution in [1.82, 2.24) is 4.90 Å². The van der Waals surface area contributed by atoms with E-state index in [4.69, 9.17) is 4.42 Å². The minimum atomic E-state index is 0.821. The number of furan rings is 1. The zero-order valence-corrected chi connectivity index (χ0v) is 12.9. The Morgan fingerprint density at radius 1 is 1.19 bits per heavy atom. The molecule has 1 heterocycles. The number of rotatable bonds is 5. The van der Waals surface area contributed by atoms with Gasteiger partial charge in [-0.1, -0.05) is 49.6 Å². The van der Waals surface area contributed by atoms with Gasteiger partial charge in [0.05, 0.1) is 6.26 Å². The van der Waals surface area contributed by atoms with Gasteiger partial charge in [-0.25, -0.2) is 0 Å². The van der Waals surface area contributed by atoms with E-state index in [2.05, 4.69) is 36.2 Å². The molecule has 1 aliphatic carbocycles. The molecule has 0 spiro atoms. The smallest absolute Gasteiger partial charge is 0.134 e. The second-order valence-electron chi connectivity index (χ2n) is 6.28. The molecule has 0 saturated heterocycles. The number of nitrogens with zero attached hydrogens (tertiary/aromatic N) is 1. The maximum absolute atomic E-state index is 5.60. The summed E-state index contributed by atoms with van der Waals surface area (Å²) in [5.41, 5.74) is 2.26. The standard InChI is InChI=1S/C19H25NO/c1-20(13-7-10-16-8-3-2-4-9-16)14-17-15-21-19-12-6-5-11-18(17)19/h5-7,10-12,15-16H,2-4,8-9,13-14H2,1H3. The molecule has 1 saturated carbocycles.